The predicted molar refractivity (Wildman–Crippen MR) is 267 cm³/mol. The van der Waals surface area contributed by atoms with Crippen molar-refractivity contribution in [2.75, 3.05) is 59.0 Å². The Labute approximate surface area is 431 Å². The third-order valence-corrected chi connectivity index (χ3v) is 14.3. The molecule has 4 aliphatic rings. The second-order valence-corrected chi connectivity index (χ2v) is 19.7. The zero-order valence-electron chi connectivity index (χ0n) is 40.9. The number of amidine groups is 1. The minimum atomic E-state index is -0.926. The van der Waals surface area contributed by atoms with Crippen LogP contribution in [0.25, 0.3) is 0 Å². The highest BCUT2D eigenvalue weighted by atomic mass is 35.5. The maximum atomic E-state index is 14.0. The summed E-state index contributed by atoms with van der Waals surface area (Å²) in [4.78, 5) is 72.2. The number of nitrogens with zero attached hydrogens (tertiary/aromatic N) is 7. The van der Waals surface area contributed by atoms with Crippen LogP contribution in [0.2, 0.25) is 5.02 Å². The van der Waals surface area contributed by atoms with Gasteiger partial charge in [0.05, 0.1) is 82.8 Å². The molecule has 6 N–H and O–H groups in total. The van der Waals surface area contributed by atoms with E-state index >= 15 is 0 Å². The average Bonchev–Trinajstić information content (AvgIpc) is 3.60. The van der Waals surface area contributed by atoms with Crippen LogP contribution in [-0.4, -0.2) is 144 Å². The molecule has 2 saturated heterocycles. The summed E-state index contributed by atoms with van der Waals surface area (Å²) in [6.07, 6.45) is 10.3. The highest BCUT2D eigenvalue weighted by Crippen LogP contribution is 2.37. The van der Waals surface area contributed by atoms with Crippen LogP contribution in [0.3, 0.4) is 0 Å². The lowest BCUT2D eigenvalue weighted by Gasteiger charge is -2.28. The number of carbonyl (C=O) groups excluding carboxylic acids is 5. The monoisotopic (exact) mass is 1050 g/mol. The van der Waals surface area contributed by atoms with E-state index < -0.39 is 29.5 Å². The standard InChI is InChI=1S/C48H63ClFN13O9S/c1-48(60-61-48)15-12-40(65)54-35(7-5-6-16-52-39(64)9-4-3-8-38-43-37(29-73-38)56-47(68)58-43)45(66)53-19-21-70-23-24-71-22-20-63-26-32(59-62-63)27-72-28-36-41(46(67)69-2)42(33-11-10-31(50)25-34(33)49)57-44(55-36)30-13-17-51-18-14-30/h10-11,13-14,17-18,25-26,35,37-38,42-43H,3-9,12,15-16,19-24,27-29H2,1-2H3,(H,52,64)(H,53,66)(H,54,65)(H,55,57)(H2,56,58,68)/t35-,37-,38-,42?,43-/m0/s1. The summed E-state index contributed by atoms with van der Waals surface area (Å²) in [5.74, 6) is -0.444. The molecule has 0 radical (unpaired) electrons. The quantitative estimate of drug-likeness (QED) is 0.0304. The highest BCUT2D eigenvalue weighted by molar-refractivity contribution is 8.00. The molecule has 2 fully saturated rings. The van der Waals surface area contributed by atoms with Gasteiger partial charge in [0.2, 0.25) is 17.7 Å². The fraction of sp³-hybridized carbons (Fsp3) is 0.562. The van der Waals surface area contributed by atoms with Crippen LogP contribution in [0, 0.1) is 5.82 Å². The van der Waals surface area contributed by atoms with Crippen LogP contribution in [0.1, 0.15) is 87.6 Å². The molecule has 1 aromatic carbocycles. The van der Waals surface area contributed by atoms with Crippen LogP contribution in [0.5, 0.6) is 0 Å². The Morgan fingerprint density at radius 1 is 0.945 bits per heavy atom. The van der Waals surface area contributed by atoms with E-state index in [9.17, 15) is 28.4 Å². The summed E-state index contributed by atoms with van der Waals surface area (Å²) in [5.41, 5.74) is 1.63. The summed E-state index contributed by atoms with van der Waals surface area (Å²) in [5, 5.41) is 34.6. The molecule has 0 spiro atoms. The Kier molecular flexibility index (Phi) is 20.4. The van der Waals surface area contributed by atoms with Crippen molar-refractivity contribution in [1.82, 2.24) is 51.9 Å². The summed E-state index contributed by atoms with van der Waals surface area (Å²) in [6, 6.07) is 5.98. The van der Waals surface area contributed by atoms with E-state index in [4.69, 9.17) is 35.5 Å². The molecule has 4 aliphatic heterocycles. The number of rotatable bonds is 31. The first-order chi connectivity index (χ1) is 35.4. The van der Waals surface area contributed by atoms with Gasteiger partial charge in [-0.3, -0.25) is 24.4 Å². The number of hydrogen-bond donors (Lipinski definition) is 6. The summed E-state index contributed by atoms with van der Waals surface area (Å²) < 4.78 is 38.2. The number of halogens is 2. The number of thioether (sulfide) groups is 1. The molecule has 5 amide bonds. The molecular weight excluding hydrogens is 989 g/mol. The molecule has 3 aromatic rings. The number of urea groups is 1. The molecule has 2 aromatic heterocycles. The van der Waals surface area contributed by atoms with Crippen molar-refractivity contribution < 1.29 is 47.3 Å². The van der Waals surface area contributed by atoms with Crippen molar-refractivity contribution in [2.45, 2.75) is 113 Å². The Hall–Kier alpha value is -6.08. The highest BCUT2D eigenvalue weighted by Gasteiger charge is 2.42. The number of methoxy groups -OCH3 is 1. The van der Waals surface area contributed by atoms with Crippen molar-refractivity contribution >= 4 is 58.9 Å². The molecule has 0 aliphatic carbocycles. The Morgan fingerprint density at radius 3 is 2.53 bits per heavy atom. The maximum absolute atomic E-state index is 14.0. The maximum Gasteiger partial charge on any atom is 0.338 e. The fourth-order valence-corrected chi connectivity index (χ4v) is 10.2. The number of aromatic nitrogens is 4. The lowest BCUT2D eigenvalue weighted by molar-refractivity contribution is -0.136. The smallest absolute Gasteiger partial charge is 0.338 e. The van der Waals surface area contributed by atoms with Gasteiger partial charge in [-0.25, -0.2) is 18.7 Å². The Bertz CT molecular complexity index is 2480. The minimum absolute atomic E-state index is 0.0148. The van der Waals surface area contributed by atoms with Gasteiger partial charge in [-0.15, -0.1) is 5.10 Å². The second-order valence-electron chi connectivity index (χ2n) is 18.0. The van der Waals surface area contributed by atoms with Gasteiger partial charge in [-0.2, -0.15) is 22.0 Å². The molecule has 1 unspecified atom stereocenters. The number of benzene rings is 1. The third kappa shape index (κ3) is 16.7. The van der Waals surface area contributed by atoms with Gasteiger partial charge in [0.1, 0.15) is 29.4 Å². The van der Waals surface area contributed by atoms with E-state index in [0.717, 1.165) is 31.1 Å². The number of amides is 5. The normalized spacial score (nSPS) is 19.8. The van der Waals surface area contributed by atoms with Crippen molar-refractivity contribution in [1.29, 1.82) is 0 Å². The third-order valence-electron chi connectivity index (χ3n) is 12.4. The molecule has 0 saturated carbocycles. The summed E-state index contributed by atoms with van der Waals surface area (Å²) in [7, 11) is 1.26. The SMILES string of the molecule is COC(=O)C1=C(COCc2cn(CCOCCOCCNC(=O)[C@H](CCCCNC(=O)CCCC[C@@H]3SC[C@@H]4NC(=O)N[C@@H]43)NC(=O)CCC3(C)N=N3)nn2)NC(c2ccncc2)=NC1c1ccc(F)cc1Cl. The van der Waals surface area contributed by atoms with Gasteiger partial charge < -0.3 is 50.8 Å². The van der Waals surface area contributed by atoms with E-state index in [1.165, 1.54) is 19.2 Å². The molecule has 5 atom stereocenters. The predicted octanol–water partition coefficient (Wildman–Crippen LogP) is 3.81. The second kappa shape index (κ2) is 27.3. The van der Waals surface area contributed by atoms with Crippen molar-refractivity contribution in [2.24, 2.45) is 15.2 Å². The molecule has 73 heavy (non-hydrogen) atoms. The van der Waals surface area contributed by atoms with Gasteiger partial charge in [0.15, 0.2) is 5.66 Å². The lowest BCUT2D eigenvalue weighted by atomic mass is 9.95. The van der Waals surface area contributed by atoms with Gasteiger partial charge in [0, 0.05) is 71.9 Å². The number of unbranched alkanes of at least 4 members (excludes halogenated alkanes) is 2. The minimum Gasteiger partial charge on any atom is -0.466 e. The number of aliphatic imine (C=N–C) groups is 1. The summed E-state index contributed by atoms with van der Waals surface area (Å²) >= 11 is 8.33. The number of ether oxygens (including phenoxy) is 4. The summed E-state index contributed by atoms with van der Waals surface area (Å²) in [6.45, 7) is 4.06. The molecule has 0 bridgehead atoms. The molecule has 6 heterocycles. The van der Waals surface area contributed by atoms with Gasteiger partial charge in [-0.05, 0) is 63.3 Å². The van der Waals surface area contributed by atoms with E-state index in [0.29, 0.717) is 92.0 Å². The van der Waals surface area contributed by atoms with Crippen LogP contribution in [0.4, 0.5) is 9.18 Å². The van der Waals surface area contributed by atoms with Crippen LogP contribution in [-0.2, 0) is 51.3 Å². The number of pyridine rings is 1. The van der Waals surface area contributed by atoms with Gasteiger partial charge in [0.25, 0.3) is 0 Å². The molecule has 7 rings (SSSR count). The number of fused-ring (bicyclic) bond motifs is 1. The van der Waals surface area contributed by atoms with Crippen LogP contribution < -0.4 is 31.9 Å². The zero-order valence-corrected chi connectivity index (χ0v) is 42.5. The first kappa shape index (κ1) is 54.7. The van der Waals surface area contributed by atoms with E-state index in [-0.39, 0.29) is 85.8 Å². The van der Waals surface area contributed by atoms with Gasteiger partial charge >= 0.3 is 12.0 Å². The zero-order chi connectivity index (χ0) is 51.6. The van der Waals surface area contributed by atoms with Crippen molar-refractivity contribution in [3.05, 3.63) is 87.9 Å². The van der Waals surface area contributed by atoms with Crippen molar-refractivity contribution in [3.8, 4) is 0 Å². The number of hydrogen-bond acceptors (Lipinski definition) is 17. The largest absolute Gasteiger partial charge is 0.466 e. The number of carbonyl (C=O) groups is 5. The van der Waals surface area contributed by atoms with E-state index in [1.54, 1.807) is 35.4 Å². The number of esters is 1. The molecule has 394 valence electrons. The van der Waals surface area contributed by atoms with Gasteiger partial charge in [-0.1, -0.05) is 29.3 Å². The fourth-order valence-electron chi connectivity index (χ4n) is 8.42. The lowest BCUT2D eigenvalue weighted by Crippen LogP contribution is -2.47. The Morgan fingerprint density at radius 2 is 1.75 bits per heavy atom. The topological polar surface area (TPSA) is 275 Å². The first-order valence-corrected chi connectivity index (χ1v) is 25.9. The van der Waals surface area contributed by atoms with E-state index in [1.807, 2.05) is 18.7 Å². The van der Waals surface area contributed by atoms with Crippen LogP contribution in [0.15, 0.2) is 75.4 Å². The first-order valence-electron chi connectivity index (χ1n) is 24.5. The van der Waals surface area contributed by atoms with Crippen LogP contribution >= 0.6 is 23.4 Å². The molecular formula is C48H63ClFN13O9S. The number of nitrogens with one attached hydrogen (secondary N) is 6. The Balaban J connectivity index is 0.766. The van der Waals surface area contributed by atoms with E-state index in [2.05, 4.69) is 57.4 Å². The molecule has 25 heteroatoms. The average molecular weight is 1050 g/mol. The molecule has 22 nitrogen and oxygen atoms in total. The van der Waals surface area contributed by atoms with Crippen molar-refractivity contribution in [3.63, 3.8) is 0 Å².